The maximum absolute atomic E-state index is 12.2. The molecular formula is C19H32ClIN4O3S. The van der Waals surface area contributed by atoms with E-state index in [1.54, 1.807) is 17.5 Å². The largest absolute Gasteiger partial charge is 0.496 e. The molecule has 0 spiro atoms. The Bertz CT molecular complexity index is 769. The second-order valence-electron chi connectivity index (χ2n) is 6.79. The van der Waals surface area contributed by atoms with Gasteiger partial charge in [-0.15, -0.1) is 24.0 Å². The van der Waals surface area contributed by atoms with Gasteiger partial charge in [-0.25, -0.2) is 17.7 Å². The number of sulfonamides is 1. The molecule has 0 aromatic heterocycles. The Morgan fingerprint density at radius 3 is 2.59 bits per heavy atom. The van der Waals surface area contributed by atoms with Gasteiger partial charge in [0.25, 0.3) is 0 Å². The molecule has 0 amide bonds. The van der Waals surface area contributed by atoms with Crippen molar-refractivity contribution >= 4 is 51.6 Å². The fourth-order valence-electron chi connectivity index (χ4n) is 3.19. The Hall–Kier alpha value is -0.780. The van der Waals surface area contributed by atoms with E-state index < -0.39 is 10.0 Å². The standard InChI is InChI=1S/C19H31ClN4O3S.HI/c1-4-12-28(25,26)24-10-8-17(9-11-24)23-19(21-5-2)22-14-15-6-7-16(20)13-18(15)27-3;/h6-7,13,17H,4-5,8-12,14H2,1-3H3,(H2,21,22,23);1H. The molecular weight excluding hydrogens is 527 g/mol. The van der Waals surface area contributed by atoms with E-state index in [2.05, 4.69) is 15.6 Å². The van der Waals surface area contributed by atoms with Crippen molar-refractivity contribution in [1.29, 1.82) is 0 Å². The van der Waals surface area contributed by atoms with Gasteiger partial charge in [0.05, 0.1) is 19.4 Å². The quantitative estimate of drug-likeness (QED) is 0.291. The van der Waals surface area contributed by atoms with E-state index >= 15 is 0 Å². The van der Waals surface area contributed by atoms with Crippen LogP contribution in [0, 0.1) is 0 Å². The predicted molar refractivity (Wildman–Crippen MR) is 130 cm³/mol. The van der Waals surface area contributed by atoms with Crippen LogP contribution in [0.3, 0.4) is 0 Å². The number of guanidine groups is 1. The first kappa shape index (κ1) is 26.3. The minimum absolute atomic E-state index is 0. The summed E-state index contributed by atoms with van der Waals surface area (Å²) in [5, 5.41) is 7.31. The SMILES string of the molecule is CCCS(=O)(=O)N1CCC(NC(=NCc2ccc(Cl)cc2OC)NCC)CC1.I. The van der Waals surface area contributed by atoms with Gasteiger partial charge in [-0.2, -0.15) is 0 Å². The van der Waals surface area contributed by atoms with Crippen LogP contribution in [0.25, 0.3) is 0 Å². The first-order valence-corrected chi connectivity index (χ1v) is 11.7. The smallest absolute Gasteiger partial charge is 0.214 e. The van der Waals surface area contributed by atoms with Crippen LogP contribution in [-0.2, 0) is 16.6 Å². The van der Waals surface area contributed by atoms with E-state index in [1.165, 1.54) is 0 Å². The number of halogens is 2. The average molecular weight is 559 g/mol. The van der Waals surface area contributed by atoms with Crippen LogP contribution >= 0.6 is 35.6 Å². The maximum atomic E-state index is 12.2. The fourth-order valence-corrected chi connectivity index (χ4v) is 4.90. The maximum Gasteiger partial charge on any atom is 0.214 e. The lowest BCUT2D eigenvalue weighted by Crippen LogP contribution is -2.50. The number of nitrogens with one attached hydrogen (secondary N) is 2. The number of rotatable bonds is 8. The van der Waals surface area contributed by atoms with Crippen molar-refractivity contribution < 1.29 is 13.2 Å². The second kappa shape index (κ2) is 12.8. The zero-order valence-electron chi connectivity index (χ0n) is 17.3. The van der Waals surface area contributed by atoms with Crippen LogP contribution < -0.4 is 15.4 Å². The summed E-state index contributed by atoms with van der Waals surface area (Å²) < 4.78 is 31.4. The molecule has 29 heavy (non-hydrogen) atoms. The Balaban J connectivity index is 0.00000420. The third kappa shape index (κ3) is 8.10. The molecule has 166 valence electrons. The third-order valence-corrected chi connectivity index (χ3v) is 6.96. The molecule has 1 heterocycles. The van der Waals surface area contributed by atoms with Crippen LogP contribution in [0.5, 0.6) is 5.75 Å². The fraction of sp³-hybridized carbons (Fsp3) is 0.632. The molecule has 10 heteroatoms. The van der Waals surface area contributed by atoms with Gasteiger partial charge >= 0.3 is 0 Å². The van der Waals surface area contributed by atoms with Crippen LogP contribution in [0.15, 0.2) is 23.2 Å². The predicted octanol–water partition coefficient (Wildman–Crippen LogP) is 3.23. The van der Waals surface area contributed by atoms with E-state index in [1.807, 2.05) is 26.0 Å². The third-order valence-electron chi connectivity index (χ3n) is 4.65. The van der Waals surface area contributed by atoms with Gasteiger partial charge in [0.15, 0.2) is 5.96 Å². The van der Waals surface area contributed by atoms with Gasteiger partial charge in [0, 0.05) is 36.3 Å². The molecule has 1 aliphatic heterocycles. The molecule has 2 rings (SSSR count). The summed E-state index contributed by atoms with van der Waals surface area (Å²) in [5.74, 6) is 1.65. The molecule has 0 bridgehead atoms. The number of ether oxygens (including phenoxy) is 1. The topological polar surface area (TPSA) is 83.0 Å². The molecule has 1 saturated heterocycles. The summed E-state index contributed by atoms with van der Waals surface area (Å²) in [4.78, 5) is 4.65. The minimum atomic E-state index is -3.12. The van der Waals surface area contributed by atoms with Crippen molar-refractivity contribution in [3.8, 4) is 5.75 Å². The molecule has 0 saturated carbocycles. The first-order chi connectivity index (χ1) is 13.4. The molecule has 0 radical (unpaired) electrons. The van der Waals surface area contributed by atoms with E-state index in [0.717, 1.165) is 30.9 Å². The van der Waals surface area contributed by atoms with Gasteiger partial charge < -0.3 is 15.4 Å². The molecule has 1 aromatic carbocycles. The highest BCUT2D eigenvalue weighted by molar-refractivity contribution is 14.0. The van der Waals surface area contributed by atoms with Gasteiger partial charge in [0.2, 0.25) is 10.0 Å². The monoisotopic (exact) mass is 558 g/mol. The molecule has 0 unspecified atom stereocenters. The van der Waals surface area contributed by atoms with Gasteiger partial charge in [0.1, 0.15) is 5.75 Å². The Morgan fingerprint density at radius 2 is 2.00 bits per heavy atom. The first-order valence-electron chi connectivity index (χ1n) is 9.74. The summed E-state index contributed by atoms with van der Waals surface area (Å²) in [7, 11) is -1.50. The highest BCUT2D eigenvalue weighted by Gasteiger charge is 2.27. The van der Waals surface area contributed by atoms with Crippen LogP contribution in [0.4, 0.5) is 0 Å². The summed E-state index contributed by atoms with van der Waals surface area (Å²) in [6, 6.07) is 5.70. The van der Waals surface area contributed by atoms with Gasteiger partial charge in [-0.1, -0.05) is 24.6 Å². The van der Waals surface area contributed by atoms with E-state index in [9.17, 15) is 8.42 Å². The molecule has 2 N–H and O–H groups in total. The van der Waals surface area contributed by atoms with Crippen molar-refractivity contribution in [2.24, 2.45) is 4.99 Å². The summed E-state index contributed by atoms with van der Waals surface area (Å²) in [6.07, 6.45) is 2.17. The Labute approximate surface area is 196 Å². The van der Waals surface area contributed by atoms with Gasteiger partial charge in [-0.05, 0) is 38.3 Å². The summed E-state index contributed by atoms with van der Waals surface area (Å²) in [6.45, 7) is 6.20. The Kier molecular flexibility index (Phi) is 11.6. The van der Waals surface area contributed by atoms with Gasteiger partial charge in [-0.3, -0.25) is 0 Å². The minimum Gasteiger partial charge on any atom is -0.496 e. The van der Waals surface area contributed by atoms with Crippen molar-refractivity contribution in [3.63, 3.8) is 0 Å². The second-order valence-corrected chi connectivity index (χ2v) is 9.31. The Morgan fingerprint density at radius 1 is 1.31 bits per heavy atom. The highest BCUT2D eigenvalue weighted by atomic mass is 127. The van der Waals surface area contributed by atoms with E-state index in [-0.39, 0.29) is 35.8 Å². The van der Waals surface area contributed by atoms with Crippen molar-refractivity contribution in [2.75, 3.05) is 32.5 Å². The zero-order valence-corrected chi connectivity index (χ0v) is 21.2. The number of piperidine rings is 1. The van der Waals surface area contributed by atoms with E-state index in [0.29, 0.717) is 36.8 Å². The zero-order chi connectivity index (χ0) is 20.6. The number of aliphatic imine (C=N–C) groups is 1. The van der Waals surface area contributed by atoms with Crippen molar-refractivity contribution in [1.82, 2.24) is 14.9 Å². The van der Waals surface area contributed by atoms with Crippen molar-refractivity contribution in [3.05, 3.63) is 28.8 Å². The van der Waals surface area contributed by atoms with Crippen molar-refractivity contribution in [2.45, 2.75) is 45.7 Å². The highest BCUT2D eigenvalue weighted by Crippen LogP contribution is 2.23. The van der Waals surface area contributed by atoms with E-state index in [4.69, 9.17) is 16.3 Å². The number of nitrogens with zero attached hydrogens (tertiary/aromatic N) is 2. The molecule has 7 nitrogen and oxygen atoms in total. The lowest BCUT2D eigenvalue weighted by atomic mass is 10.1. The molecule has 1 fully saturated rings. The van der Waals surface area contributed by atoms with Crippen LogP contribution in [0.2, 0.25) is 5.02 Å². The summed E-state index contributed by atoms with van der Waals surface area (Å²) >= 11 is 6.01. The lowest BCUT2D eigenvalue weighted by Gasteiger charge is -2.32. The number of benzene rings is 1. The lowest BCUT2D eigenvalue weighted by molar-refractivity contribution is 0.306. The average Bonchev–Trinajstić information content (AvgIpc) is 2.67. The van der Waals surface area contributed by atoms with Crippen LogP contribution in [0.1, 0.15) is 38.7 Å². The number of hydrogen-bond acceptors (Lipinski definition) is 4. The number of hydrogen-bond donors (Lipinski definition) is 2. The molecule has 1 aromatic rings. The number of methoxy groups -OCH3 is 1. The van der Waals surface area contributed by atoms with Crippen LogP contribution in [-0.4, -0.2) is 57.2 Å². The normalized spacial score (nSPS) is 16.2. The molecule has 1 aliphatic rings. The molecule has 0 atom stereocenters. The molecule has 0 aliphatic carbocycles. The summed E-state index contributed by atoms with van der Waals surface area (Å²) in [5.41, 5.74) is 0.949.